The highest BCUT2D eigenvalue weighted by Gasteiger charge is 2.36. The van der Waals surface area contributed by atoms with E-state index in [9.17, 15) is 0 Å². The maximum atomic E-state index is 6.48. The van der Waals surface area contributed by atoms with Crippen LogP contribution in [0.4, 0.5) is 0 Å². The van der Waals surface area contributed by atoms with Crippen LogP contribution in [0.15, 0.2) is 199 Å². The van der Waals surface area contributed by atoms with Gasteiger partial charge >= 0.3 is 0 Å². The Labute approximate surface area is 347 Å². The van der Waals surface area contributed by atoms with Crippen molar-refractivity contribution >= 4 is 65.6 Å². The first-order valence-corrected chi connectivity index (χ1v) is 20.8. The van der Waals surface area contributed by atoms with Crippen molar-refractivity contribution in [3.8, 4) is 44.8 Å². The summed E-state index contributed by atoms with van der Waals surface area (Å²) in [6, 6.07) is 71.2. The molecule has 0 atom stereocenters. The van der Waals surface area contributed by atoms with Crippen LogP contribution in [0.3, 0.4) is 0 Å². The first-order chi connectivity index (χ1) is 29.5. The number of rotatable bonds is 4. The molecule has 9 aromatic carbocycles. The SMILES string of the molecule is CC1(C)c2ccccc2-c2cc3c4ccccc4n(-c4cc(-c5ccc6c(c5)c5ccccc5n6-c5ccccc5)ccc4-c4cccc5oc6ccccc6c45)c3cc21. The summed E-state index contributed by atoms with van der Waals surface area (Å²) in [5.41, 5.74) is 18.8. The Balaban J connectivity index is 1.12. The molecule has 0 amide bonds. The second-order valence-corrected chi connectivity index (χ2v) is 16.9. The minimum Gasteiger partial charge on any atom is -0.456 e. The Kier molecular flexibility index (Phi) is 6.78. The molecule has 282 valence electrons. The van der Waals surface area contributed by atoms with Gasteiger partial charge in [0.1, 0.15) is 11.2 Å². The molecule has 0 radical (unpaired) electrons. The summed E-state index contributed by atoms with van der Waals surface area (Å²) in [5.74, 6) is 0. The minimum atomic E-state index is -0.137. The Hall–Kier alpha value is -7.62. The first kappa shape index (κ1) is 33.4. The predicted molar refractivity (Wildman–Crippen MR) is 251 cm³/mol. The number of benzene rings is 9. The number of aromatic nitrogens is 2. The molecular weight excluding hydrogens is 729 g/mol. The molecule has 60 heavy (non-hydrogen) atoms. The van der Waals surface area contributed by atoms with Gasteiger partial charge in [-0.3, -0.25) is 0 Å². The van der Waals surface area contributed by atoms with E-state index in [1.807, 2.05) is 0 Å². The van der Waals surface area contributed by atoms with Crippen LogP contribution in [-0.2, 0) is 5.41 Å². The number of hydrogen-bond acceptors (Lipinski definition) is 1. The van der Waals surface area contributed by atoms with E-state index in [0.29, 0.717) is 0 Å². The Morgan fingerprint density at radius 1 is 0.367 bits per heavy atom. The van der Waals surface area contributed by atoms with Gasteiger partial charge < -0.3 is 13.6 Å². The van der Waals surface area contributed by atoms with Gasteiger partial charge in [0, 0.05) is 49.0 Å². The van der Waals surface area contributed by atoms with Crippen molar-refractivity contribution in [3.05, 3.63) is 205 Å². The molecule has 0 unspecified atom stereocenters. The molecular formula is C57H38N2O. The van der Waals surface area contributed by atoms with Gasteiger partial charge in [-0.25, -0.2) is 0 Å². The van der Waals surface area contributed by atoms with Crippen LogP contribution in [0, 0.1) is 0 Å². The number of nitrogens with zero attached hydrogens (tertiary/aromatic N) is 2. The van der Waals surface area contributed by atoms with E-state index in [1.54, 1.807) is 0 Å². The van der Waals surface area contributed by atoms with Crippen molar-refractivity contribution in [2.45, 2.75) is 19.3 Å². The van der Waals surface area contributed by atoms with E-state index in [-0.39, 0.29) is 5.41 Å². The molecule has 3 aromatic heterocycles. The van der Waals surface area contributed by atoms with Crippen LogP contribution in [0.1, 0.15) is 25.0 Å². The van der Waals surface area contributed by atoms with E-state index >= 15 is 0 Å². The van der Waals surface area contributed by atoms with Crippen LogP contribution >= 0.6 is 0 Å². The van der Waals surface area contributed by atoms with Gasteiger partial charge in [0.2, 0.25) is 0 Å². The van der Waals surface area contributed by atoms with Gasteiger partial charge in [-0.15, -0.1) is 0 Å². The van der Waals surface area contributed by atoms with Gasteiger partial charge in [-0.2, -0.15) is 0 Å². The summed E-state index contributed by atoms with van der Waals surface area (Å²) in [4.78, 5) is 0. The standard InChI is InChI=1S/C57H38N2O/c1-57(2)47-22-10-6-17-38(47)44-33-46-40-19-8-12-24-50(40)59(53(46)34-48(44)57)52-32-36(27-29-41(52)42-21-14-26-55-56(42)43-20-9-13-25-54(43)60-55)35-28-30-51-45(31-35)39-18-7-11-23-49(39)58(51)37-15-4-3-5-16-37/h3-34H,1-2H3. The van der Waals surface area contributed by atoms with Crippen molar-refractivity contribution in [1.82, 2.24) is 9.13 Å². The quantitative estimate of drug-likeness (QED) is 0.175. The van der Waals surface area contributed by atoms with Crippen LogP contribution < -0.4 is 0 Å². The van der Waals surface area contributed by atoms with Crippen LogP contribution in [0.2, 0.25) is 0 Å². The molecule has 0 fully saturated rings. The summed E-state index contributed by atoms with van der Waals surface area (Å²) >= 11 is 0. The van der Waals surface area contributed by atoms with Crippen molar-refractivity contribution in [3.63, 3.8) is 0 Å². The summed E-state index contributed by atoms with van der Waals surface area (Å²) in [7, 11) is 0. The van der Waals surface area contributed by atoms with Crippen molar-refractivity contribution in [2.75, 3.05) is 0 Å². The highest BCUT2D eigenvalue weighted by molar-refractivity contribution is 6.16. The Bertz CT molecular complexity index is 3740. The van der Waals surface area contributed by atoms with Crippen LogP contribution in [0.25, 0.3) is 110 Å². The topological polar surface area (TPSA) is 23.0 Å². The zero-order valence-electron chi connectivity index (χ0n) is 33.3. The van der Waals surface area contributed by atoms with Crippen molar-refractivity contribution in [2.24, 2.45) is 0 Å². The van der Waals surface area contributed by atoms with Gasteiger partial charge in [-0.05, 0) is 106 Å². The molecule has 3 nitrogen and oxygen atoms in total. The van der Waals surface area contributed by atoms with Gasteiger partial charge in [0.15, 0.2) is 0 Å². The fourth-order valence-electron chi connectivity index (χ4n) is 10.6. The zero-order valence-corrected chi connectivity index (χ0v) is 33.3. The monoisotopic (exact) mass is 766 g/mol. The Morgan fingerprint density at radius 3 is 1.82 bits per heavy atom. The lowest BCUT2D eigenvalue weighted by Gasteiger charge is -2.22. The van der Waals surface area contributed by atoms with Crippen LogP contribution in [-0.4, -0.2) is 9.13 Å². The molecule has 0 N–H and O–H groups in total. The average Bonchev–Trinajstić information content (AvgIpc) is 4.01. The summed E-state index contributed by atoms with van der Waals surface area (Å²) < 4.78 is 11.4. The number of hydrogen-bond donors (Lipinski definition) is 0. The molecule has 13 rings (SSSR count). The minimum absolute atomic E-state index is 0.137. The van der Waals surface area contributed by atoms with E-state index in [2.05, 4.69) is 217 Å². The maximum Gasteiger partial charge on any atom is 0.136 e. The molecule has 0 spiro atoms. The second-order valence-electron chi connectivity index (χ2n) is 16.9. The largest absolute Gasteiger partial charge is 0.456 e. The normalized spacial score (nSPS) is 13.3. The molecule has 0 saturated carbocycles. The second kappa shape index (κ2) is 12.2. The van der Waals surface area contributed by atoms with E-state index in [1.165, 1.54) is 71.4 Å². The third kappa shape index (κ3) is 4.55. The van der Waals surface area contributed by atoms with E-state index in [4.69, 9.17) is 4.42 Å². The number of para-hydroxylation sites is 4. The number of fused-ring (bicyclic) bond motifs is 12. The number of furan rings is 1. The zero-order chi connectivity index (χ0) is 39.7. The predicted octanol–water partition coefficient (Wildman–Crippen LogP) is 15.4. The van der Waals surface area contributed by atoms with E-state index < -0.39 is 0 Å². The molecule has 1 aliphatic carbocycles. The van der Waals surface area contributed by atoms with Crippen molar-refractivity contribution < 1.29 is 4.42 Å². The lowest BCUT2D eigenvalue weighted by molar-refractivity contribution is 0.661. The molecule has 0 aliphatic heterocycles. The first-order valence-electron chi connectivity index (χ1n) is 20.8. The summed E-state index contributed by atoms with van der Waals surface area (Å²) in [6.07, 6.45) is 0. The third-order valence-electron chi connectivity index (χ3n) is 13.3. The fourth-order valence-corrected chi connectivity index (χ4v) is 10.6. The van der Waals surface area contributed by atoms with Crippen molar-refractivity contribution in [1.29, 1.82) is 0 Å². The van der Waals surface area contributed by atoms with Gasteiger partial charge in [0.25, 0.3) is 0 Å². The third-order valence-corrected chi connectivity index (χ3v) is 13.3. The highest BCUT2D eigenvalue weighted by atomic mass is 16.3. The average molecular weight is 767 g/mol. The summed E-state index contributed by atoms with van der Waals surface area (Å²) in [5, 5.41) is 7.24. The molecule has 0 bridgehead atoms. The van der Waals surface area contributed by atoms with E-state index in [0.717, 1.165) is 50.0 Å². The molecule has 3 heteroatoms. The van der Waals surface area contributed by atoms with Crippen LogP contribution in [0.5, 0.6) is 0 Å². The molecule has 1 aliphatic rings. The molecule has 0 saturated heterocycles. The molecule has 3 heterocycles. The summed E-state index contributed by atoms with van der Waals surface area (Å²) in [6.45, 7) is 4.75. The molecule has 12 aromatic rings. The lowest BCUT2D eigenvalue weighted by atomic mass is 9.82. The maximum absolute atomic E-state index is 6.48. The smallest absolute Gasteiger partial charge is 0.136 e. The van der Waals surface area contributed by atoms with Gasteiger partial charge in [-0.1, -0.05) is 141 Å². The lowest BCUT2D eigenvalue weighted by Crippen LogP contribution is -2.15. The Morgan fingerprint density at radius 2 is 0.983 bits per heavy atom. The fraction of sp³-hybridized carbons (Fsp3) is 0.0526. The highest BCUT2D eigenvalue weighted by Crippen LogP contribution is 2.52. The van der Waals surface area contributed by atoms with Gasteiger partial charge in [0.05, 0.1) is 27.8 Å².